The van der Waals surface area contributed by atoms with Crippen molar-refractivity contribution in [1.29, 1.82) is 0 Å². The number of hydrogen-bond acceptors (Lipinski definition) is 6. The molecule has 1 aliphatic heterocycles. The van der Waals surface area contributed by atoms with Gasteiger partial charge >= 0.3 is 5.97 Å². The Morgan fingerprint density at radius 1 is 1.25 bits per heavy atom. The predicted octanol–water partition coefficient (Wildman–Crippen LogP) is 4.53. The van der Waals surface area contributed by atoms with Crippen molar-refractivity contribution in [3.63, 3.8) is 0 Å². The standard InChI is InChI=1S/C21H15BrCl2N2O5S/c1-2-30-17(27)10-31-16-7-6-11(9-13(16)22)8-12-19(28)25-21(32)26(20(12)29)15-5-3-4-14(23)18(15)24/h3-9H,2,10H2,1H3,(H,25,28,32)/b12-8+. The van der Waals surface area contributed by atoms with E-state index in [1.54, 1.807) is 43.3 Å². The van der Waals surface area contributed by atoms with E-state index in [1.807, 2.05) is 0 Å². The quantitative estimate of drug-likeness (QED) is 0.243. The fourth-order valence-electron chi connectivity index (χ4n) is 2.77. The Morgan fingerprint density at radius 3 is 2.69 bits per heavy atom. The van der Waals surface area contributed by atoms with Crippen LogP contribution in [0.25, 0.3) is 6.08 Å². The van der Waals surface area contributed by atoms with Gasteiger partial charge in [-0.3, -0.25) is 19.8 Å². The number of anilines is 1. The lowest BCUT2D eigenvalue weighted by atomic mass is 10.1. The van der Waals surface area contributed by atoms with E-state index in [9.17, 15) is 14.4 Å². The Kier molecular flexibility index (Phi) is 7.89. The first-order valence-corrected chi connectivity index (χ1v) is 11.1. The largest absolute Gasteiger partial charge is 0.481 e. The Balaban J connectivity index is 1.88. The minimum Gasteiger partial charge on any atom is -0.481 e. The molecule has 0 atom stereocenters. The molecular weight excluding hydrogens is 543 g/mol. The van der Waals surface area contributed by atoms with Crippen LogP contribution in [0.1, 0.15) is 12.5 Å². The van der Waals surface area contributed by atoms with Crippen molar-refractivity contribution in [1.82, 2.24) is 5.32 Å². The number of carbonyl (C=O) groups is 3. The van der Waals surface area contributed by atoms with Crippen LogP contribution >= 0.6 is 51.3 Å². The molecule has 2 aromatic rings. The van der Waals surface area contributed by atoms with E-state index < -0.39 is 17.8 Å². The first kappa shape index (κ1) is 24.2. The minimum absolute atomic E-state index is 0.106. The summed E-state index contributed by atoms with van der Waals surface area (Å²) in [5.74, 6) is -1.39. The second kappa shape index (κ2) is 10.4. The lowest BCUT2D eigenvalue weighted by molar-refractivity contribution is -0.145. The molecule has 1 fully saturated rings. The molecule has 11 heteroatoms. The third-order valence-electron chi connectivity index (χ3n) is 4.19. The van der Waals surface area contributed by atoms with Crippen molar-refractivity contribution in [2.24, 2.45) is 0 Å². The summed E-state index contributed by atoms with van der Waals surface area (Å²) in [5, 5.41) is 2.75. The van der Waals surface area contributed by atoms with Crippen molar-refractivity contribution in [2.45, 2.75) is 6.92 Å². The van der Waals surface area contributed by atoms with E-state index in [0.717, 1.165) is 4.90 Å². The van der Waals surface area contributed by atoms with Crippen LogP contribution in [0.5, 0.6) is 5.75 Å². The van der Waals surface area contributed by atoms with Crippen LogP contribution in [0.4, 0.5) is 5.69 Å². The number of amides is 2. The molecule has 3 rings (SSSR count). The number of nitrogens with one attached hydrogen (secondary N) is 1. The number of rotatable bonds is 6. The zero-order valence-corrected chi connectivity index (χ0v) is 20.4. The van der Waals surface area contributed by atoms with Crippen molar-refractivity contribution in [3.8, 4) is 5.75 Å². The molecule has 2 amide bonds. The van der Waals surface area contributed by atoms with Gasteiger partial charge in [0.1, 0.15) is 11.3 Å². The third kappa shape index (κ3) is 5.29. The summed E-state index contributed by atoms with van der Waals surface area (Å²) in [7, 11) is 0. The van der Waals surface area contributed by atoms with Crippen molar-refractivity contribution in [2.75, 3.05) is 18.1 Å². The second-order valence-electron chi connectivity index (χ2n) is 6.31. The number of carbonyl (C=O) groups excluding carboxylic acids is 3. The number of esters is 1. The summed E-state index contributed by atoms with van der Waals surface area (Å²) in [5.41, 5.74) is 0.634. The van der Waals surface area contributed by atoms with Gasteiger partial charge in [-0.25, -0.2) is 4.79 Å². The molecule has 0 bridgehead atoms. The molecule has 166 valence electrons. The minimum atomic E-state index is -0.651. The molecule has 0 spiro atoms. The van der Waals surface area contributed by atoms with Crippen LogP contribution in [0, 0.1) is 0 Å². The van der Waals surface area contributed by atoms with E-state index >= 15 is 0 Å². The van der Waals surface area contributed by atoms with E-state index in [0.29, 0.717) is 15.8 Å². The van der Waals surface area contributed by atoms with Gasteiger partial charge in [-0.1, -0.05) is 35.3 Å². The molecular formula is C21H15BrCl2N2O5S. The highest BCUT2D eigenvalue weighted by molar-refractivity contribution is 9.10. The van der Waals surface area contributed by atoms with Crippen LogP contribution in [-0.2, 0) is 19.1 Å². The molecule has 0 aromatic heterocycles. The molecule has 0 unspecified atom stereocenters. The Labute approximate surface area is 207 Å². The third-order valence-corrected chi connectivity index (χ3v) is 5.90. The number of hydrogen-bond donors (Lipinski definition) is 1. The Bertz CT molecular complexity index is 1160. The normalized spacial score (nSPS) is 15.1. The van der Waals surface area contributed by atoms with Crippen LogP contribution < -0.4 is 15.0 Å². The molecule has 2 aromatic carbocycles. The number of benzene rings is 2. The summed E-state index contributed by atoms with van der Waals surface area (Å²) < 4.78 is 10.7. The van der Waals surface area contributed by atoms with Gasteiger partial charge in [0.2, 0.25) is 0 Å². The SMILES string of the molecule is CCOC(=O)COc1ccc(/C=C2\C(=O)NC(=S)N(c3cccc(Cl)c3Cl)C2=O)cc1Br. The second-order valence-corrected chi connectivity index (χ2v) is 8.34. The average molecular weight is 558 g/mol. The van der Waals surface area contributed by atoms with Gasteiger partial charge in [0.25, 0.3) is 11.8 Å². The summed E-state index contributed by atoms with van der Waals surface area (Å²) in [4.78, 5) is 38.2. The van der Waals surface area contributed by atoms with Crippen molar-refractivity contribution < 1.29 is 23.9 Å². The Morgan fingerprint density at radius 2 is 2.00 bits per heavy atom. The molecule has 1 N–H and O–H groups in total. The molecule has 7 nitrogen and oxygen atoms in total. The fraction of sp³-hybridized carbons (Fsp3) is 0.143. The molecule has 32 heavy (non-hydrogen) atoms. The van der Waals surface area contributed by atoms with Crippen LogP contribution in [0.15, 0.2) is 46.4 Å². The van der Waals surface area contributed by atoms with Crippen LogP contribution in [-0.4, -0.2) is 36.1 Å². The molecule has 1 heterocycles. The van der Waals surface area contributed by atoms with Gasteiger partial charge in [0, 0.05) is 0 Å². The smallest absolute Gasteiger partial charge is 0.344 e. The van der Waals surface area contributed by atoms with Gasteiger partial charge < -0.3 is 9.47 Å². The summed E-state index contributed by atoms with van der Waals surface area (Å²) in [6, 6.07) is 9.62. The maximum atomic E-state index is 13.1. The highest BCUT2D eigenvalue weighted by atomic mass is 79.9. The summed E-state index contributed by atoms with van der Waals surface area (Å²) in [6.45, 7) is 1.71. The molecule has 1 saturated heterocycles. The molecule has 1 aliphatic rings. The highest BCUT2D eigenvalue weighted by Crippen LogP contribution is 2.34. The zero-order chi connectivity index (χ0) is 23.4. The van der Waals surface area contributed by atoms with Gasteiger partial charge in [0.15, 0.2) is 11.7 Å². The van der Waals surface area contributed by atoms with E-state index in [2.05, 4.69) is 21.2 Å². The van der Waals surface area contributed by atoms with E-state index in [1.165, 1.54) is 6.08 Å². The molecule has 0 saturated carbocycles. The number of thiocarbonyl (C=S) groups is 1. The highest BCUT2D eigenvalue weighted by Gasteiger charge is 2.35. The summed E-state index contributed by atoms with van der Waals surface area (Å²) in [6.07, 6.45) is 1.41. The average Bonchev–Trinajstić information content (AvgIpc) is 2.73. The summed E-state index contributed by atoms with van der Waals surface area (Å²) >= 11 is 20.8. The maximum Gasteiger partial charge on any atom is 0.344 e. The lowest BCUT2D eigenvalue weighted by Gasteiger charge is -2.29. The first-order valence-electron chi connectivity index (χ1n) is 9.16. The lowest BCUT2D eigenvalue weighted by Crippen LogP contribution is -2.54. The van der Waals surface area contributed by atoms with Crippen molar-refractivity contribution in [3.05, 3.63) is 62.1 Å². The zero-order valence-electron chi connectivity index (χ0n) is 16.5. The first-order chi connectivity index (χ1) is 15.2. The number of halogens is 3. The number of nitrogens with zero attached hydrogens (tertiary/aromatic N) is 1. The van der Waals surface area contributed by atoms with Gasteiger partial charge in [-0.05, 0) is 71.0 Å². The van der Waals surface area contributed by atoms with Gasteiger partial charge in [0.05, 0.1) is 26.8 Å². The predicted molar refractivity (Wildman–Crippen MR) is 129 cm³/mol. The van der Waals surface area contributed by atoms with Gasteiger partial charge in [-0.2, -0.15) is 0 Å². The fourth-order valence-corrected chi connectivity index (χ4v) is 3.94. The topological polar surface area (TPSA) is 84.9 Å². The van der Waals surface area contributed by atoms with Gasteiger partial charge in [-0.15, -0.1) is 0 Å². The molecule has 0 radical (unpaired) electrons. The van der Waals surface area contributed by atoms with Crippen LogP contribution in [0.3, 0.4) is 0 Å². The number of ether oxygens (including phenoxy) is 2. The van der Waals surface area contributed by atoms with E-state index in [4.69, 9.17) is 44.9 Å². The van der Waals surface area contributed by atoms with Crippen LogP contribution in [0.2, 0.25) is 10.0 Å². The molecule has 0 aliphatic carbocycles. The Hall–Kier alpha value is -2.46. The van der Waals surface area contributed by atoms with E-state index in [-0.39, 0.29) is 39.6 Å². The van der Waals surface area contributed by atoms with Crippen molar-refractivity contribution >= 4 is 86.0 Å². The monoisotopic (exact) mass is 556 g/mol. The maximum absolute atomic E-state index is 13.1.